The summed E-state index contributed by atoms with van der Waals surface area (Å²) in [5.41, 5.74) is 0. The summed E-state index contributed by atoms with van der Waals surface area (Å²) < 4.78 is 255. The molecule has 0 N–H and O–H groups in total. The van der Waals surface area contributed by atoms with Crippen molar-refractivity contribution in [1.29, 1.82) is 0 Å². The molecule has 0 radical (unpaired) electrons. The number of rotatable bonds is 11. The first-order chi connectivity index (χ1) is 16.8. The number of ketones is 1. The maximum Gasteiger partial charge on any atom is 0.460 e. The third-order valence-electron chi connectivity index (χ3n) is 5.24. The number of hydrogen-bond donors (Lipinski definition) is 0. The molecule has 1 fully saturated rings. The summed E-state index contributed by atoms with van der Waals surface area (Å²) in [6.45, 7) is 0.708. The van der Waals surface area contributed by atoms with Crippen molar-refractivity contribution in [2.24, 2.45) is 0 Å². The van der Waals surface area contributed by atoms with E-state index in [1.165, 1.54) is 0 Å². The van der Waals surface area contributed by atoms with E-state index < -0.39 is 90.4 Å². The molecular formula is C16H15F17O4S2. The molecule has 39 heavy (non-hydrogen) atoms. The topological polar surface area (TPSA) is 60.4 Å². The van der Waals surface area contributed by atoms with E-state index in [9.17, 15) is 87.8 Å². The molecule has 0 bridgehead atoms. The van der Waals surface area contributed by atoms with Crippen molar-refractivity contribution in [2.75, 3.05) is 17.3 Å². The van der Waals surface area contributed by atoms with E-state index in [2.05, 4.69) is 3.63 Å². The molecule has 1 saturated heterocycles. The minimum absolute atomic E-state index is 0.122. The second kappa shape index (κ2) is 9.93. The van der Waals surface area contributed by atoms with Gasteiger partial charge in [-0.15, -0.1) is 10.3 Å². The van der Waals surface area contributed by atoms with E-state index in [1.54, 1.807) is 0 Å². The Labute approximate surface area is 208 Å². The van der Waals surface area contributed by atoms with Gasteiger partial charge >= 0.3 is 57.1 Å². The van der Waals surface area contributed by atoms with Crippen LogP contribution in [0.5, 0.6) is 0 Å². The van der Waals surface area contributed by atoms with Crippen LogP contribution in [0.4, 0.5) is 74.6 Å². The van der Waals surface area contributed by atoms with Crippen molar-refractivity contribution < 1.29 is 91.5 Å². The Morgan fingerprint density at radius 1 is 0.615 bits per heavy atom. The van der Waals surface area contributed by atoms with Crippen LogP contribution >= 0.6 is 10.3 Å². The normalized spacial score (nSPS) is 20.1. The summed E-state index contributed by atoms with van der Waals surface area (Å²) in [5.74, 6) is -55.4. The van der Waals surface area contributed by atoms with Crippen LogP contribution in [0.1, 0.15) is 26.2 Å². The average molecular weight is 658 g/mol. The van der Waals surface area contributed by atoms with Crippen LogP contribution in [0.25, 0.3) is 0 Å². The lowest BCUT2D eigenvalue weighted by Gasteiger charge is -2.44. The highest BCUT2D eigenvalue weighted by Crippen LogP contribution is 2.65. The number of alkyl halides is 17. The van der Waals surface area contributed by atoms with Gasteiger partial charge in [0.1, 0.15) is 5.78 Å². The van der Waals surface area contributed by atoms with Crippen molar-refractivity contribution in [3.05, 3.63) is 0 Å². The molecular weight excluding hydrogens is 643 g/mol. The van der Waals surface area contributed by atoms with Crippen LogP contribution in [0.15, 0.2) is 0 Å². The highest BCUT2D eigenvalue weighted by molar-refractivity contribution is 8.33. The first kappa shape index (κ1) is 35.8. The minimum atomic E-state index is -8.91. The van der Waals surface area contributed by atoms with Gasteiger partial charge in [0, 0.05) is 11.5 Å². The lowest BCUT2D eigenvalue weighted by Crippen LogP contribution is -2.75. The third-order valence-corrected chi connectivity index (χ3v) is 11.0. The summed E-state index contributed by atoms with van der Waals surface area (Å²) >= 11 is 0. The summed E-state index contributed by atoms with van der Waals surface area (Å²) in [7, 11) is -11.4. The molecule has 0 amide bonds. The number of Topliss-reactive ketones (excluding diaryl/α,β-unsaturated/α-hetero) is 1. The predicted molar refractivity (Wildman–Crippen MR) is 97.4 cm³/mol. The largest absolute Gasteiger partial charge is 0.460 e. The van der Waals surface area contributed by atoms with Crippen LogP contribution in [-0.2, 0) is 18.5 Å². The van der Waals surface area contributed by atoms with Gasteiger partial charge in [0.15, 0.2) is 0 Å². The Balaban J connectivity index is 3.70. The fourth-order valence-electron chi connectivity index (χ4n) is 3.16. The smallest absolute Gasteiger partial charge is 0.299 e. The average Bonchev–Trinajstić information content (AvgIpc) is 2.71. The predicted octanol–water partition coefficient (Wildman–Crippen LogP) is 6.79. The number of carbonyl (C=O) groups is 1. The highest BCUT2D eigenvalue weighted by atomic mass is 32.3. The molecule has 0 atom stereocenters. The van der Waals surface area contributed by atoms with Crippen LogP contribution < -0.4 is 0 Å². The molecule has 234 valence electrons. The minimum Gasteiger partial charge on any atom is -0.299 e. The molecule has 0 saturated carbocycles. The molecule has 1 heterocycles. The molecule has 1 rings (SSSR count). The van der Waals surface area contributed by atoms with Crippen LogP contribution in [0, 0.1) is 0 Å². The standard InChI is InChI=1S/C16H15F17O4S2/c1-8(34)7-38(5-3-2-4-6-38)37-39(35,36)16(32,33)14(27,28)12(23,24)10(19,20)9(17,18)11(21,22)13(25,26)15(29,30)31/h2-7H2,1H3. The van der Waals surface area contributed by atoms with Gasteiger partial charge in [-0.25, -0.2) is 3.63 Å². The van der Waals surface area contributed by atoms with Gasteiger partial charge in [-0.05, 0) is 19.8 Å². The third kappa shape index (κ3) is 5.27. The Morgan fingerprint density at radius 3 is 1.28 bits per heavy atom. The van der Waals surface area contributed by atoms with Crippen molar-refractivity contribution in [3.8, 4) is 0 Å². The maximum atomic E-state index is 14.3. The van der Waals surface area contributed by atoms with Crippen molar-refractivity contribution in [2.45, 2.75) is 73.2 Å². The zero-order valence-corrected chi connectivity index (χ0v) is 20.3. The van der Waals surface area contributed by atoms with E-state index in [0.717, 1.165) is 0 Å². The Morgan fingerprint density at radius 2 is 0.949 bits per heavy atom. The van der Waals surface area contributed by atoms with Gasteiger partial charge in [-0.2, -0.15) is 83.1 Å². The fraction of sp³-hybridized carbons (Fsp3) is 0.938. The highest BCUT2D eigenvalue weighted by Gasteiger charge is 2.96. The number of halogens is 17. The lowest BCUT2D eigenvalue weighted by molar-refractivity contribution is -0.458. The molecule has 0 spiro atoms. The zero-order chi connectivity index (χ0) is 31.5. The van der Waals surface area contributed by atoms with Gasteiger partial charge in [0.2, 0.25) is 0 Å². The van der Waals surface area contributed by atoms with Crippen LogP contribution in [0.2, 0.25) is 0 Å². The summed E-state index contributed by atoms with van der Waals surface area (Å²) in [6.07, 6.45) is -7.92. The van der Waals surface area contributed by atoms with Gasteiger partial charge in [0.05, 0.1) is 5.75 Å². The van der Waals surface area contributed by atoms with Crippen LogP contribution in [0.3, 0.4) is 0 Å². The van der Waals surface area contributed by atoms with Crippen LogP contribution in [-0.4, -0.2) is 78.4 Å². The SMILES string of the molecule is CC(=O)CS1(OS(=O)(=O)C(F)(F)C(F)(F)C(F)(F)C(F)(F)C(F)(F)C(F)(F)C(F)(F)C(F)(F)F)CCCCC1. The second-order valence-corrected chi connectivity index (χ2v) is 13.3. The lowest BCUT2D eigenvalue weighted by atomic mass is 9.91. The molecule has 4 nitrogen and oxygen atoms in total. The number of hydrogen-bond acceptors (Lipinski definition) is 4. The van der Waals surface area contributed by atoms with Gasteiger partial charge in [-0.1, -0.05) is 6.42 Å². The first-order valence-electron chi connectivity index (χ1n) is 9.76. The van der Waals surface area contributed by atoms with Gasteiger partial charge in [-0.3, -0.25) is 4.79 Å². The van der Waals surface area contributed by atoms with Gasteiger partial charge < -0.3 is 0 Å². The Hall–Kier alpha value is -1.26. The second-order valence-electron chi connectivity index (χ2n) is 8.26. The molecule has 0 aromatic carbocycles. The fourth-order valence-corrected chi connectivity index (χ4v) is 8.89. The summed E-state index contributed by atoms with van der Waals surface area (Å²) in [5, 5.41) is -7.74. The van der Waals surface area contributed by atoms with Crippen molar-refractivity contribution in [3.63, 3.8) is 0 Å². The molecule has 0 unspecified atom stereocenters. The summed E-state index contributed by atoms with van der Waals surface area (Å²) in [6, 6.07) is 0. The van der Waals surface area contributed by atoms with E-state index in [4.69, 9.17) is 0 Å². The monoisotopic (exact) mass is 658 g/mol. The quantitative estimate of drug-likeness (QED) is 0.230. The van der Waals surface area contributed by atoms with E-state index >= 15 is 0 Å². The molecule has 0 aromatic rings. The van der Waals surface area contributed by atoms with E-state index in [0.29, 0.717) is 6.92 Å². The van der Waals surface area contributed by atoms with Gasteiger partial charge in [0.25, 0.3) is 0 Å². The van der Waals surface area contributed by atoms with Crippen molar-refractivity contribution in [1.82, 2.24) is 0 Å². The van der Waals surface area contributed by atoms with Crippen molar-refractivity contribution >= 4 is 26.2 Å². The maximum absolute atomic E-state index is 14.3. The van der Waals surface area contributed by atoms with E-state index in [1.807, 2.05) is 0 Å². The summed E-state index contributed by atoms with van der Waals surface area (Å²) in [4.78, 5) is 11.4. The zero-order valence-electron chi connectivity index (χ0n) is 18.6. The Bertz CT molecular complexity index is 1030. The molecule has 23 heteroatoms. The molecule has 1 aliphatic heterocycles. The molecule has 0 aromatic heterocycles. The molecule has 1 aliphatic rings. The van der Waals surface area contributed by atoms with E-state index in [-0.39, 0.29) is 19.3 Å². The first-order valence-corrected chi connectivity index (χ1v) is 13.2. The number of carbonyl (C=O) groups excluding carboxylic acids is 1. The molecule has 0 aliphatic carbocycles. The Kier molecular flexibility index (Phi) is 9.11.